The van der Waals surface area contributed by atoms with Gasteiger partial charge < -0.3 is 10.2 Å². The maximum absolute atomic E-state index is 13.2. The van der Waals surface area contributed by atoms with Crippen molar-refractivity contribution in [3.63, 3.8) is 0 Å². The Kier molecular flexibility index (Phi) is 6.89. The lowest BCUT2D eigenvalue weighted by molar-refractivity contribution is 0.194. The average Bonchev–Trinajstić information content (AvgIpc) is 2.46. The number of nitrogens with zero attached hydrogens (tertiary/aromatic N) is 1. The van der Waals surface area contributed by atoms with Gasteiger partial charge in [-0.2, -0.15) is 0 Å². The van der Waals surface area contributed by atoms with Crippen LogP contribution < -0.4 is 10.0 Å². The number of urea groups is 1. The largest absolute Gasteiger partial charge is 0.338 e. The molecular weight excluding hydrogens is 328 g/mol. The lowest BCUT2D eigenvalue weighted by atomic mass is 10.1. The third kappa shape index (κ3) is 6.49. The summed E-state index contributed by atoms with van der Waals surface area (Å²) in [4.78, 5) is 13.3. The molecule has 9 heteroatoms. The number of amides is 2. The molecule has 23 heavy (non-hydrogen) atoms. The van der Waals surface area contributed by atoms with Gasteiger partial charge >= 0.3 is 6.03 Å². The van der Waals surface area contributed by atoms with E-state index in [2.05, 4.69) is 10.0 Å². The fourth-order valence-electron chi connectivity index (χ4n) is 1.84. The number of nitrogens with one attached hydrogen (secondary N) is 2. The first-order valence-electron chi connectivity index (χ1n) is 7.02. The normalized spacial score (nSPS) is 12.7. The Labute approximate surface area is 134 Å². The van der Waals surface area contributed by atoms with Crippen molar-refractivity contribution in [1.29, 1.82) is 0 Å². The van der Waals surface area contributed by atoms with Gasteiger partial charge in [0.25, 0.3) is 0 Å². The first-order chi connectivity index (χ1) is 10.6. The lowest BCUT2D eigenvalue weighted by Crippen LogP contribution is -2.40. The van der Waals surface area contributed by atoms with E-state index in [0.717, 1.165) is 18.4 Å². The summed E-state index contributed by atoms with van der Waals surface area (Å²) in [5.41, 5.74) is 0.472. The van der Waals surface area contributed by atoms with Gasteiger partial charge in [-0.15, -0.1) is 0 Å². The van der Waals surface area contributed by atoms with Crippen LogP contribution in [0, 0.1) is 11.6 Å². The molecule has 0 aliphatic carbocycles. The number of rotatable bonds is 7. The van der Waals surface area contributed by atoms with Crippen LogP contribution in [-0.4, -0.2) is 45.7 Å². The third-order valence-electron chi connectivity index (χ3n) is 3.32. The second kappa shape index (κ2) is 8.21. The molecular formula is C14H21F2N3O3S. The molecule has 0 heterocycles. The Morgan fingerprint density at radius 2 is 1.91 bits per heavy atom. The van der Waals surface area contributed by atoms with E-state index in [0.29, 0.717) is 12.0 Å². The number of halogens is 2. The number of carbonyl (C=O) groups excluding carboxylic acids is 1. The van der Waals surface area contributed by atoms with Crippen LogP contribution in [0.3, 0.4) is 0 Å². The van der Waals surface area contributed by atoms with E-state index < -0.39 is 27.7 Å². The van der Waals surface area contributed by atoms with Crippen LogP contribution in [0.4, 0.5) is 13.6 Å². The van der Waals surface area contributed by atoms with E-state index >= 15 is 0 Å². The highest BCUT2D eigenvalue weighted by molar-refractivity contribution is 7.88. The van der Waals surface area contributed by atoms with Crippen LogP contribution in [0.15, 0.2) is 18.2 Å². The summed E-state index contributed by atoms with van der Waals surface area (Å²) >= 11 is 0. The standard InChI is InChI=1S/C14H21F2N3O3S/c1-10(11-5-6-12(15)13(16)9-11)19(2)14(20)17-7-4-8-18-23(3,21)22/h5-6,9-10,18H,4,7-8H2,1-3H3,(H,17,20)/t10-/m0/s1. The van der Waals surface area contributed by atoms with Crippen molar-refractivity contribution < 1.29 is 22.0 Å². The zero-order chi connectivity index (χ0) is 17.6. The molecule has 130 valence electrons. The molecule has 1 aromatic rings. The third-order valence-corrected chi connectivity index (χ3v) is 4.05. The minimum absolute atomic E-state index is 0.224. The number of hydrogen-bond donors (Lipinski definition) is 2. The van der Waals surface area contributed by atoms with Crippen molar-refractivity contribution >= 4 is 16.1 Å². The molecule has 1 aromatic carbocycles. The molecule has 0 unspecified atom stereocenters. The van der Waals surface area contributed by atoms with Crippen molar-refractivity contribution in [3.05, 3.63) is 35.4 Å². The highest BCUT2D eigenvalue weighted by Crippen LogP contribution is 2.20. The number of carbonyl (C=O) groups is 1. The number of benzene rings is 1. The Balaban J connectivity index is 2.47. The molecule has 0 aliphatic rings. The molecule has 6 nitrogen and oxygen atoms in total. The number of sulfonamides is 1. The van der Waals surface area contributed by atoms with E-state index in [1.807, 2.05) is 0 Å². The quantitative estimate of drug-likeness (QED) is 0.734. The smallest absolute Gasteiger partial charge is 0.317 e. The van der Waals surface area contributed by atoms with Gasteiger partial charge in [0.1, 0.15) is 0 Å². The summed E-state index contributed by atoms with van der Waals surface area (Å²) in [5.74, 6) is -1.90. The topological polar surface area (TPSA) is 78.5 Å². The minimum atomic E-state index is -3.24. The molecule has 2 amide bonds. The first kappa shape index (κ1) is 19.3. The van der Waals surface area contributed by atoms with Crippen molar-refractivity contribution in [2.45, 2.75) is 19.4 Å². The maximum atomic E-state index is 13.2. The fourth-order valence-corrected chi connectivity index (χ4v) is 2.35. The average molecular weight is 349 g/mol. The number of hydrogen-bond acceptors (Lipinski definition) is 3. The fraction of sp³-hybridized carbons (Fsp3) is 0.500. The van der Waals surface area contributed by atoms with Crippen LogP contribution in [0.5, 0.6) is 0 Å². The predicted octanol–water partition coefficient (Wildman–Crippen LogP) is 1.61. The monoisotopic (exact) mass is 349 g/mol. The summed E-state index contributed by atoms with van der Waals surface area (Å²) in [6.07, 6.45) is 1.50. The van der Waals surface area contributed by atoms with Gasteiger partial charge in [0, 0.05) is 20.1 Å². The van der Waals surface area contributed by atoms with Gasteiger partial charge in [-0.1, -0.05) is 6.07 Å². The zero-order valence-corrected chi connectivity index (χ0v) is 14.1. The SMILES string of the molecule is C[C@@H](c1ccc(F)c(F)c1)N(C)C(=O)NCCCNS(C)(=O)=O. The molecule has 1 atom stereocenters. The Morgan fingerprint density at radius 1 is 1.26 bits per heavy atom. The van der Waals surface area contributed by atoms with E-state index in [9.17, 15) is 22.0 Å². The van der Waals surface area contributed by atoms with E-state index in [4.69, 9.17) is 0 Å². The summed E-state index contributed by atoms with van der Waals surface area (Å²) in [7, 11) is -1.70. The predicted molar refractivity (Wildman–Crippen MR) is 83.4 cm³/mol. The summed E-state index contributed by atoms with van der Waals surface area (Å²) in [6, 6.07) is 2.66. The second-order valence-electron chi connectivity index (χ2n) is 5.21. The maximum Gasteiger partial charge on any atom is 0.317 e. The molecule has 2 N–H and O–H groups in total. The summed E-state index contributed by atoms with van der Waals surface area (Å²) in [6.45, 7) is 2.20. The van der Waals surface area contributed by atoms with Crippen LogP contribution in [0.1, 0.15) is 24.9 Å². The molecule has 1 rings (SSSR count). The molecule has 0 saturated carbocycles. The van der Waals surface area contributed by atoms with E-state index in [-0.39, 0.29) is 19.1 Å². The summed E-state index contributed by atoms with van der Waals surface area (Å²) < 4.78 is 50.2. The van der Waals surface area contributed by atoms with E-state index in [1.165, 1.54) is 18.0 Å². The van der Waals surface area contributed by atoms with Gasteiger partial charge in [-0.05, 0) is 31.0 Å². The molecule has 0 bridgehead atoms. The van der Waals surface area contributed by atoms with Crippen molar-refractivity contribution in [2.75, 3.05) is 26.4 Å². The Morgan fingerprint density at radius 3 is 2.48 bits per heavy atom. The van der Waals surface area contributed by atoms with Crippen LogP contribution in [0.2, 0.25) is 0 Å². The van der Waals surface area contributed by atoms with Crippen LogP contribution in [0.25, 0.3) is 0 Å². The molecule has 0 saturated heterocycles. The van der Waals surface area contributed by atoms with Crippen molar-refractivity contribution in [1.82, 2.24) is 14.9 Å². The molecule has 0 radical (unpaired) electrons. The second-order valence-corrected chi connectivity index (χ2v) is 7.05. The minimum Gasteiger partial charge on any atom is -0.338 e. The molecule has 0 aliphatic heterocycles. The van der Waals surface area contributed by atoms with Crippen LogP contribution in [-0.2, 0) is 10.0 Å². The van der Waals surface area contributed by atoms with Gasteiger partial charge in [0.2, 0.25) is 10.0 Å². The van der Waals surface area contributed by atoms with Gasteiger partial charge in [-0.3, -0.25) is 0 Å². The zero-order valence-electron chi connectivity index (χ0n) is 13.3. The molecule has 0 fully saturated rings. The highest BCUT2D eigenvalue weighted by Gasteiger charge is 2.18. The van der Waals surface area contributed by atoms with Crippen LogP contribution >= 0.6 is 0 Å². The lowest BCUT2D eigenvalue weighted by Gasteiger charge is -2.25. The Bertz CT molecular complexity index is 653. The molecule has 0 spiro atoms. The van der Waals surface area contributed by atoms with Gasteiger partial charge in [0.05, 0.1) is 12.3 Å². The Hall–Kier alpha value is -1.74. The van der Waals surface area contributed by atoms with E-state index in [1.54, 1.807) is 6.92 Å². The molecule has 0 aromatic heterocycles. The van der Waals surface area contributed by atoms with Crippen molar-refractivity contribution in [3.8, 4) is 0 Å². The van der Waals surface area contributed by atoms with Crippen molar-refractivity contribution in [2.24, 2.45) is 0 Å². The first-order valence-corrected chi connectivity index (χ1v) is 8.91. The summed E-state index contributed by atoms with van der Waals surface area (Å²) in [5, 5.41) is 2.63. The highest BCUT2D eigenvalue weighted by atomic mass is 32.2. The van der Waals surface area contributed by atoms with Gasteiger partial charge in [-0.25, -0.2) is 26.7 Å². The van der Waals surface area contributed by atoms with Gasteiger partial charge in [0.15, 0.2) is 11.6 Å².